The van der Waals surface area contributed by atoms with E-state index in [9.17, 15) is 9.18 Å². The van der Waals surface area contributed by atoms with Crippen LogP contribution in [0.25, 0.3) is 0 Å². The third kappa shape index (κ3) is 2.65. The molecule has 1 aliphatic heterocycles. The van der Waals surface area contributed by atoms with Crippen molar-refractivity contribution in [1.82, 2.24) is 5.32 Å². The van der Waals surface area contributed by atoms with E-state index in [1.165, 1.54) is 12.1 Å². The maximum absolute atomic E-state index is 13.4. The first-order valence-corrected chi connectivity index (χ1v) is 6.27. The van der Waals surface area contributed by atoms with E-state index in [0.29, 0.717) is 12.0 Å². The number of hydrogen-bond donors (Lipinski definition) is 2. The van der Waals surface area contributed by atoms with Crippen LogP contribution in [0.3, 0.4) is 0 Å². The second-order valence-electron chi connectivity index (χ2n) is 4.54. The van der Waals surface area contributed by atoms with Crippen molar-refractivity contribution < 1.29 is 9.18 Å². The van der Waals surface area contributed by atoms with E-state index < -0.39 is 17.3 Å². The summed E-state index contributed by atoms with van der Waals surface area (Å²) < 4.78 is 13.4. The minimum atomic E-state index is -0.876. The number of rotatable bonds is 3. The topological polar surface area (TPSA) is 55.1 Å². The summed E-state index contributed by atoms with van der Waals surface area (Å²) in [7, 11) is 0. The standard InChI is InChI=1S/C13H15ClFN2O/c14-10-4-3-9(7-11(10)15)8-13(12(16)18)5-1-2-6-17-13/h3-4,7-8,17H,1-2,5-6H2,(H2,16,18)/t13-/m0/s1. The Hall–Kier alpha value is -1.13. The molecule has 0 spiro atoms. The summed E-state index contributed by atoms with van der Waals surface area (Å²) in [4.78, 5) is 11.6. The van der Waals surface area contributed by atoms with E-state index in [2.05, 4.69) is 5.32 Å². The van der Waals surface area contributed by atoms with Gasteiger partial charge in [0.05, 0.1) is 5.02 Å². The molecule has 97 valence electrons. The SMILES string of the molecule is NC(=O)[C@@]1([CH]c2ccc(Cl)c(F)c2)CCCCN1. The van der Waals surface area contributed by atoms with E-state index in [4.69, 9.17) is 17.3 Å². The molecule has 18 heavy (non-hydrogen) atoms. The third-order valence-corrected chi connectivity index (χ3v) is 3.54. The van der Waals surface area contributed by atoms with Gasteiger partial charge in [0.2, 0.25) is 5.91 Å². The quantitative estimate of drug-likeness (QED) is 0.882. The largest absolute Gasteiger partial charge is 0.368 e. The summed E-state index contributed by atoms with van der Waals surface area (Å²) in [5, 5.41) is 3.20. The Morgan fingerprint density at radius 1 is 1.50 bits per heavy atom. The Kier molecular flexibility index (Phi) is 3.88. The maximum atomic E-state index is 13.4. The lowest BCUT2D eigenvalue weighted by Crippen LogP contribution is -2.58. The smallest absolute Gasteiger partial charge is 0.238 e. The molecule has 0 bridgehead atoms. The Labute approximate surface area is 111 Å². The number of benzene rings is 1. The zero-order valence-corrected chi connectivity index (χ0v) is 10.6. The molecule has 1 aromatic rings. The van der Waals surface area contributed by atoms with E-state index >= 15 is 0 Å². The van der Waals surface area contributed by atoms with Crippen LogP contribution in [0.15, 0.2) is 18.2 Å². The van der Waals surface area contributed by atoms with Gasteiger partial charge in [-0.25, -0.2) is 4.39 Å². The number of halogens is 2. The molecule has 1 fully saturated rings. The first-order chi connectivity index (χ1) is 8.53. The van der Waals surface area contributed by atoms with Crippen LogP contribution in [0.4, 0.5) is 4.39 Å². The number of nitrogens with one attached hydrogen (secondary N) is 1. The molecule has 0 aliphatic carbocycles. The van der Waals surface area contributed by atoms with Crippen molar-refractivity contribution in [1.29, 1.82) is 0 Å². The van der Waals surface area contributed by atoms with E-state index in [1.807, 2.05) is 0 Å². The molecular weight excluding hydrogens is 255 g/mol. The normalized spacial score (nSPS) is 23.9. The Morgan fingerprint density at radius 3 is 2.83 bits per heavy atom. The second-order valence-corrected chi connectivity index (χ2v) is 4.94. The molecule has 1 aliphatic rings. The predicted molar refractivity (Wildman–Crippen MR) is 68.6 cm³/mol. The van der Waals surface area contributed by atoms with Crippen molar-refractivity contribution in [2.45, 2.75) is 24.8 Å². The number of hydrogen-bond acceptors (Lipinski definition) is 2. The van der Waals surface area contributed by atoms with Crippen LogP contribution in [-0.2, 0) is 4.79 Å². The van der Waals surface area contributed by atoms with Crippen molar-refractivity contribution in [2.75, 3.05) is 6.54 Å². The average molecular weight is 270 g/mol. The van der Waals surface area contributed by atoms with E-state index in [-0.39, 0.29) is 5.02 Å². The summed E-state index contributed by atoms with van der Waals surface area (Å²) >= 11 is 5.62. The number of nitrogens with two attached hydrogens (primary N) is 1. The summed E-state index contributed by atoms with van der Waals surface area (Å²) in [6.07, 6.45) is 4.25. The van der Waals surface area contributed by atoms with Crippen molar-refractivity contribution >= 4 is 17.5 Å². The van der Waals surface area contributed by atoms with Gasteiger partial charge in [-0.2, -0.15) is 0 Å². The van der Waals surface area contributed by atoms with Gasteiger partial charge in [-0.05, 0) is 43.5 Å². The molecule has 2 rings (SSSR count). The van der Waals surface area contributed by atoms with Crippen LogP contribution in [0.2, 0.25) is 5.02 Å². The van der Waals surface area contributed by atoms with E-state index in [1.54, 1.807) is 12.5 Å². The highest BCUT2D eigenvalue weighted by Crippen LogP contribution is 2.27. The Morgan fingerprint density at radius 2 is 2.28 bits per heavy atom. The highest BCUT2D eigenvalue weighted by molar-refractivity contribution is 6.30. The van der Waals surface area contributed by atoms with Gasteiger partial charge in [-0.15, -0.1) is 0 Å². The number of piperidine rings is 1. The average Bonchev–Trinajstić information content (AvgIpc) is 2.35. The molecule has 1 atom stereocenters. The van der Waals surface area contributed by atoms with Gasteiger partial charge in [-0.1, -0.05) is 17.7 Å². The van der Waals surface area contributed by atoms with Gasteiger partial charge >= 0.3 is 0 Å². The fraction of sp³-hybridized carbons (Fsp3) is 0.385. The summed E-state index contributed by atoms with van der Waals surface area (Å²) in [6, 6.07) is 4.45. The number of carbonyl (C=O) groups excluding carboxylic acids is 1. The van der Waals surface area contributed by atoms with Crippen LogP contribution in [0.5, 0.6) is 0 Å². The van der Waals surface area contributed by atoms with Crippen LogP contribution >= 0.6 is 11.6 Å². The molecule has 0 saturated carbocycles. The zero-order valence-electron chi connectivity index (χ0n) is 9.88. The molecule has 1 heterocycles. The molecule has 1 radical (unpaired) electrons. The molecule has 5 heteroatoms. The summed E-state index contributed by atoms with van der Waals surface area (Å²) in [6.45, 7) is 0.732. The molecule has 3 N–H and O–H groups in total. The Balaban J connectivity index is 2.23. The first kappa shape index (κ1) is 13.3. The lowest BCUT2D eigenvalue weighted by atomic mass is 9.82. The fourth-order valence-electron chi connectivity index (χ4n) is 2.22. The lowest BCUT2D eigenvalue weighted by Gasteiger charge is -2.35. The van der Waals surface area contributed by atoms with Gasteiger partial charge in [0.25, 0.3) is 0 Å². The molecule has 1 saturated heterocycles. The molecule has 0 unspecified atom stereocenters. The third-order valence-electron chi connectivity index (χ3n) is 3.23. The minimum absolute atomic E-state index is 0.0666. The first-order valence-electron chi connectivity index (χ1n) is 5.89. The molecule has 1 aromatic carbocycles. The van der Waals surface area contributed by atoms with Crippen molar-refractivity contribution in [3.8, 4) is 0 Å². The monoisotopic (exact) mass is 269 g/mol. The van der Waals surface area contributed by atoms with Crippen LogP contribution in [0.1, 0.15) is 24.8 Å². The van der Waals surface area contributed by atoms with Crippen molar-refractivity contribution in [2.24, 2.45) is 5.73 Å². The van der Waals surface area contributed by atoms with Gasteiger partial charge in [0, 0.05) is 6.42 Å². The second kappa shape index (κ2) is 5.24. The lowest BCUT2D eigenvalue weighted by molar-refractivity contribution is -0.123. The summed E-state index contributed by atoms with van der Waals surface area (Å²) in [5.41, 5.74) is 5.19. The van der Waals surface area contributed by atoms with Gasteiger partial charge < -0.3 is 11.1 Å². The molecule has 1 amide bonds. The van der Waals surface area contributed by atoms with Crippen molar-refractivity contribution in [3.05, 3.63) is 41.0 Å². The highest BCUT2D eigenvalue weighted by Gasteiger charge is 2.38. The summed E-state index contributed by atoms with van der Waals surface area (Å²) in [5.74, 6) is -0.932. The highest BCUT2D eigenvalue weighted by atomic mass is 35.5. The number of amides is 1. The molecule has 0 aromatic heterocycles. The molecule has 3 nitrogen and oxygen atoms in total. The minimum Gasteiger partial charge on any atom is -0.368 e. The van der Waals surface area contributed by atoms with Gasteiger partial charge in [0.1, 0.15) is 11.4 Å². The van der Waals surface area contributed by atoms with Crippen LogP contribution in [-0.4, -0.2) is 18.0 Å². The van der Waals surface area contributed by atoms with Crippen molar-refractivity contribution in [3.63, 3.8) is 0 Å². The van der Waals surface area contributed by atoms with Gasteiger partial charge in [0.15, 0.2) is 0 Å². The number of carbonyl (C=O) groups is 1. The molecular formula is C13H15ClFN2O. The van der Waals surface area contributed by atoms with Crippen LogP contribution < -0.4 is 11.1 Å². The van der Waals surface area contributed by atoms with Gasteiger partial charge in [-0.3, -0.25) is 4.79 Å². The Bertz CT molecular complexity index is 458. The van der Waals surface area contributed by atoms with Crippen LogP contribution in [0, 0.1) is 12.2 Å². The zero-order chi connectivity index (χ0) is 13.2. The van der Waals surface area contributed by atoms with E-state index in [0.717, 1.165) is 19.4 Å². The predicted octanol–water partition coefficient (Wildman–Crippen LogP) is 2.03. The fourth-order valence-corrected chi connectivity index (χ4v) is 2.34. The maximum Gasteiger partial charge on any atom is 0.238 e. The number of primary amides is 1.